The fourth-order valence-corrected chi connectivity index (χ4v) is 1.76. The summed E-state index contributed by atoms with van der Waals surface area (Å²) >= 11 is 11.8. The van der Waals surface area contributed by atoms with Crippen LogP contribution in [0.15, 0.2) is 30.5 Å². The zero-order valence-corrected chi connectivity index (χ0v) is 10.6. The van der Waals surface area contributed by atoms with Crippen LogP contribution >= 0.6 is 23.2 Å². The lowest BCUT2D eigenvalue weighted by atomic mass is 10.1. The van der Waals surface area contributed by atoms with Crippen molar-refractivity contribution in [3.05, 3.63) is 40.5 Å². The number of pyridine rings is 1. The molecule has 2 aromatic rings. The molecule has 0 spiro atoms. The van der Waals surface area contributed by atoms with Crippen molar-refractivity contribution < 1.29 is 4.74 Å². The predicted octanol–water partition coefficient (Wildman–Crippen LogP) is 3.65. The van der Waals surface area contributed by atoms with Gasteiger partial charge in [-0.2, -0.15) is 0 Å². The summed E-state index contributed by atoms with van der Waals surface area (Å²) in [7, 11) is 1.59. The molecule has 0 unspecified atom stereocenters. The Morgan fingerprint density at radius 3 is 2.65 bits per heavy atom. The van der Waals surface area contributed by atoms with Crippen molar-refractivity contribution in [1.29, 1.82) is 0 Å². The van der Waals surface area contributed by atoms with Crippen LogP contribution in [0.4, 0.5) is 5.69 Å². The normalized spacial score (nSPS) is 10.3. The molecule has 0 aliphatic heterocycles. The SMILES string of the molecule is COc1ccc(Cl)cc1-c1cc(N)c(Cl)cn1. The Morgan fingerprint density at radius 1 is 1.24 bits per heavy atom. The summed E-state index contributed by atoms with van der Waals surface area (Å²) in [6.45, 7) is 0. The molecule has 0 fully saturated rings. The monoisotopic (exact) mass is 268 g/mol. The molecule has 3 nitrogen and oxygen atoms in total. The van der Waals surface area contributed by atoms with Crippen LogP contribution in [0.5, 0.6) is 5.75 Å². The first-order chi connectivity index (χ1) is 8.11. The number of nitrogen functional groups attached to an aromatic ring is 1. The van der Waals surface area contributed by atoms with Crippen molar-refractivity contribution >= 4 is 28.9 Å². The van der Waals surface area contributed by atoms with Crippen LogP contribution in [0.1, 0.15) is 0 Å². The molecule has 0 radical (unpaired) electrons. The number of hydrogen-bond acceptors (Lipinski definition) is 3. The third kappa shape index (κ3) is 2.46. The van der Waals surface area contributed by atoms with Crippen molar-refractivity contribution in [2.24, 2.45) is 0 Å². The average Bonchev–Trinajstić information content (AvgIpc) is 2.32. The molecule has 0 atom stereocenters. The second-order valence-electron chi connectivity index (χ2n) is 3.44. The largest absolute Gasteiger partial charge is 0.496 e. The smallest absolute Gasteiger partial charge is 0.128 e. The minimum atomic E-state index is 0.426. The molecule has 88 valence electrons. The number of anilines is 1. The molecule has 2 N–H and O–H groups in total. The Bertz CT molecular complexity index is 558. The van der Waals surface area contributed by atoms with Crippen molar-refractivity contribution in [1.82, 2.24) is 4.98 Å². The molecule has 0 bridgehead atoms. The van der Waals surface area contributed by atoms with E-state index in [0.29, 0.717) is 27.2 Å². The number of rotatable bonds is 2. The van der Waals surface area contributed by atoms with Gasteiger partial charge < -0.3 is 10.5 Å². The molecule has 1 aromatic carbocycles. The van der Waals surface area contributed by atoms with Gasteiger partial charge in [-0.25, -0.2) is 0 Å². The summed E-state index contributed by atoms with van der Waals surface area (Å²) < 4.78 is 5.25. The third-order valence-electron chi connectivity index (χ3n) is 2.32. The minimum absolute atomic E-state index is 0.426. The van der Waals surface area contributed by atoms with E-state index in [0.717, 1.165) is 5.56 Å². The number of ether oxygens (including phenoxy) is 1. The van der Waals surface area contributed by atoms with Gasteiger partial charge in [0.1, 0.15) is 5.75 Å². The van der Waals surface area contributed by atoms with Crippen molar-refractivity contribution in [2.75, 3.05) is 12.8 Å². The van der Waals surface area contributed by atoms with E-state index in [2.05, 4.69) is 4.98 Å². The Hall–Kier alpha value is -1.45. The van der Waals surface area contributed by atoms with E-state index in [9.17, 15) is 0 Å². The molecular formula is C12H10Cl2N2O. The van der Waals surface area contributed by atoms with Crippen molar-refractivity contribution in [3.63, 3.8) is 0 Å². The first-order valence-electron chi connectivity index (χ1n) is 4.86. The van der Waals surface area contributed by atoms with Gasteiger partial charge in [0.2, 0.25) is 0 Å². The standard InChI is InChI=1S/C12H10Cl2N2O/c1-17-12-3-2-7(13)4-8(12)11-5-10(15)9(14)6-16-11/h2-6H,1H3,(H2,15,16). The Labute approximate surface area is 109 Å². The zero-order valence-electron chi connectivity index (χ0n) is 9.08. The average molecular weight is 269 g/mol. The van der Waals surface area contributed by atoms with Gasteiger partial charge in [-0.15, -0.1) is 0 Å². The molecule has 2 rings (SSSR count). The molecule has 0 aliphatic rings. The van der Waals surface area contributed by atoms with Gasteiger partial charge in [0.15, 0.2) is 0 Å². The number of aromatic nitrogens is 1. The van der Waals surface area contributed by atoms with Gasteiger partial charge in [0, 0.05) is 16.8 Å². The van der Waals surface area contributed by atoms with Crippen LogP contribution < -0.4 is 10.5 Å². The van der Waals surface area contributed by atoms with Gasteiger partial charge in [-0.3, -0.25) is 4.98 Å². The number of nitrogens with two attached hydrogens (primary N) is 1. The molecule has 1 heterocycles. The molecule has 0 saturated heterocycles. The second-order valence-corrected chi connectivity index (χ2v) is 4.28. The Morgan fingerprint density at radius 2 is 2.00 bits per heavy atom. The quantitative estimate of drug-likeness (QED) is 0.905. The minimum Gasteiger partial charge on any atom is -0.496 e. The van der Waals surface area contributed by atoms with Crippen LogP contribution in [-0.4, -0.2) is 12.1 Å². The molecule has 5 heteroatoms. The topological polar surface area (TPSA) is 48.1 Å². The summed E-state index contributed by atoms with van der Waals surface area (Å²) in [5, 5.41) is 1.03. The van der Waals surface area contributed by atoms with Crippen LogP contribution in [0.25, 0.3) is 11.3 Å². The predicted molar refractivity (Wildman–Crippen MR) is 70.7 cm³/mol. The van der Waals surface area contributed by atoms with Crippen LogP contribution in [-0.2, 0) is 0 Å². The number of hydrogen-bond donors (Lipinski definition) is 1. The van der Waals surface area contributed by atoms with Crippen molar-refractivity contribution in [2.45, 2.75) is 0 Å². The van der Waals surface area contributed by atoms with Gasteiger partial charge >= 0.3 is 0 Å². The molecule has 1 aromatic heterocycles. The van der Waals surface area contributed by atoms with E-state index < -0.39 is 0 Å². The summed E-state index contributed by atoms with van der Waals surface area (Å²) in [6.07, 6.45) is 1.51. The number of benzene rings is 1. The summed E-state index contributed by atoms with van der Waals surface area (Å²) in [4.78, 5) is 4.21. The maximum absolute atomic E-state index is 5.95. The summed E-state index contributed by atoms with van der Waals surface area (Å²) in [5.74, 6) is 0.684. The molecule has 0 amide bonds. The number of halogens is 2. The van der Waals surface area contributed by atoms with Crippen LogP contribution in [0.2, 0.25) is 10.0 Å². The lowest BCUT2D eigenvalue weighted by Crippen LogP contribution is -1.93. The lowest BCUT2D eigenvalue weighted by molar-refractivity contribution is 0.416. The fourth-order valence-electron chi connectivity index (χ4n) is 1.48. The first kappa shape index (κ1) is 12.0. The highest BCUT2D eigenvalue weighted by Gasteiger charge is 2.09. The fraction of sp³-hybridized carbons (Fsp3) is 0.0833. The van der Waals surface area contributed by atoms with Crippen LogP contribution in [0, 0.1) is 0 Å². The molecule has 17 heavy (non-hydrogen) atoms. The van der Waals surface area contributed by atoms with Gasteiger partial charge in [-0.05, 0) is 24.3 Å². The first-order valence-corrected chi connectivity index (χ1v) is 5.62. The molecule has 0 aliphatic carbocycles. The number of nitrogens with zero attached hydrogens (tertiary/aromatic N) is 1. The summed E-state index contributed by atoms with van der Waals surface area (Å²) in [6, 6.07) is 7.00. The third-order valence-corrected chi connectivity index (χ3v) is 2.87. The highest BCUT2D eigenvalue weighted by molar-refractivity contribution is 6.33. The number of methoxy groups -OCH3 is 1. The maximum Gasteiger partial charge on any atom is 0.128 e. The Balaban J connectivity index is 2.58. The van der Waals surface area contributed by atoms with E-state index in [-0.39, 0.29) is 0 Å². The van der Waals surface area contributed by atoms with E-state index in [1.54, 1.807) is 31.4 Å². The zero-order chi connectivity index (χ0) is 12.4. The second kappa shape index (κ2) is 4.82. The highest BCUT2D eigenvalue weighted by Crippen LogP contribution is 2.33. The summed E-state index contributed by atoms with van der Waals surface area (Å²) in [5.41, 5.74) is 7.67. The maximum atomic E-state index is 5.95. The Kier molecular flexibility index (Phi) is 3.41. The lowest BCUT2D eigenvalue weighted by Gasteiger charge is -2.09. The van der Waals surface area contributed by atoms with E-state index in [4.69, 9.17) is 33.7 Å². The van der Waals surface area contributed by atoms with Crippen molar-refractivity contribution in [3.8, 4) is 17.0 Å². The van der Waals surface area contributed by atoms with Crippen LogP contribution in [0.3, 0.4) is 0 Å². The molecule has 0 saturated carbocycles. The van der Waals surface area contributed by atoms with E-state index in [1.807, 2.05) is 0 Å². The van der Waals surface area contributed by atoms with E-state index in [1.165, 1.54) is 6.20 Å². The van der Waals surface area contributed by atoms with Gasteiger partial charge in [0.25, 0.3) is 0 Å². The van der Waals surface area contributed by atoms with E-state index >= 15 is 0 Å². The van der Waals surface area contributed by atoms with Gasteiger partial charge in [0.05, 0.1) is 23.5 Å². The highest BCUT2D eigenvalue weighted by atomic mass is 35.5. The van der Waals surface area contributed by atoms with Gasteiger partial charge in [-0.1, -0.05) is 23.2 Å². The molecular weight excluding hydrogens is 259 g/mol.